The summed E-state index contributed by atoms with van der Waals surface area (Å²) in [6.07, 6.45) is 3.42. The molecule has 2 heterocycles. The molecule has 0 saturated carbocycles. The third-order valence-corrected chi connectivity index (χ3v) is 7.94. The second-order valence-electron chi connectivity index (χ2n) is 11.0. The van der Waals surface area contributed by atoms with Gasteiger partial charge in [-0.15, -0.1) is 0 Å². The van der Waals surface area contributed by atoms with E-state index >= 15 is 0 Å². The van der Waals surface area contributed by atoms with E-state index in [-0.39, 0.29) is 23.3 Å². The largest absolute Gasteiger partial charge is 0.490 e. The number of carbonyl (C=O) groups is 2. The monoisotopic (exact) mass is 557 g/mol. The minimum absolute atomic E-state index is 0.0572. The SMILES string of the molecule is COc1cc(-c2ccc3c(c2)Nc2ccc(C(C)(C)C(=O)NCCCN4CCCC4)cc2NC3=O)ccc1[N+](=O)[O-]. The first kappa shape index (κ1) is 28.1. The first-order valence-electron chi connectivity index (χ1n) is 13.9. The van der Waals surface area contributed by atoms with Crippen LogP contribution < -0.4 is 20.7 Å². The molecule has 0 spiro atoms. The molecule has 3 N–H and O–H groups in total. The van der Waals surface area contributed by atoms with Crippen LogP contribution in [0.2, 0.25) is 0 Å². The fourth-order valence-electron chi connectivity index (χ4n) is 5.38. The van der Waals surface area contributed by atoms with E-state index in [2.05, 4.69) is 20.9 Å². The molecule has 0 aromatic heterocycles. The van der Waals surface area contributed by atoms with Gasteiger partial charge in [0.05, 0.1) is 40.1 Å². The number of nitrogens with zero attached hydrogens (tertiary/aromatic N) is 2. The fraction of sp³-hybridized carbons (Fsp3) is 0.355. The van der Waals surface area contributed by atoms with Crippen LogP contribution in [0.5, 0.6) is 5.75 Å². The predicted molar refractivity (Wildman–Crippen MR) is 159 cm³/mol. The van der Waals surface area contributed by atoms with Crippen LogP contribution in [-0.2, 0) is 10.2 Å². The van der Waals surface area contributed by atoms with Crippen LogP contribution in [0.4, 0.5) is 22.7 Å². The highest BCUT2D eigenvalue weighted by molar-refractivity contribution is 6.12. The summed E-state index contributed by atoms with van der Waals surface area (Å²) in [4.78, 5) is 39.6. The summed E-state index contributed by atoms with van der Waals surface area (Å²) in [6, 6.07) is 15.6. The van der Waals surface area contributed by atoms with Gasteiger partial charge in [0.1, 0.15) is 0 Å². The second kappa shape index (κ2) is 11.6. The molecule has 0 aliphatic carbocycles. The topological polar surface area (TPSA) is 126 Å². The van der Waals surface area contributed by atoms with Crippen LogP contribution in [-0.4, -0.2) is 54.9 Å². The molecular formula is C31H35N5O5. The van der Waals surface area contributed by atoms with Crippen LogP contribution in [0.1, 0.15) is 49.0 Å². The maximum atomic E-state index is 13.2. The molecule has 5 rings (SSSR count). The van der Waals surface area contributed by atoms with E-state index in [4.69, 9.17) is 4.74 Å². The Kier molecular flexibility index (Phi) is 7.94. The van der Waals surface area contributed by atoms with Crippen LogP contribution in [0.3, 0.4) is 0 Å². The van der Waals surface area contributed by atoms with E-state index in [9.17, 15) is 19.7 Å². The smallest absolute Gasteiger partial charge is 0.310 e. The van der Waals surface area contributed by atoms with Crippen molar-refractivity contribution in [2.24, 2.45) is 0 Å². The number of anilines is 3. The maximum absolute atomic E-state index is 13.2. The van der Waals surface area contributed by atoms with Gasteiger partial charge in [0.25, 0.3) is 5.91 Å². The number of hydrogen-bond donors (Lipinski definition) is 3. The van der Waals surface area contributed by atoms with Gasteiger partial charge in [0.2, 0.25) is 5.91 Å². The minimum Gasteiger partial charge on any atom is -0.490 e. The number of hydrogen-bond acceptors (Lipinski definition) is 7. The van der Waals surface area contributed by atoms with Gasteiger partial charge in [0.15, 0.2) is 5.75 Å². The quantitative estimate of drug-likeness (QED) is 0.181. The number of methoxy groups -OCH3 is 1. The molecule has 214 valence electrons. The normalized spacial score (nSPS) is 14.8. The molecule has 2 amide bonds. The molecule has 3 aromatic carbocycles. The Labute approximate surface area is 239 Å². The molecule has 2 aliphatic heterocycles. The molecule has 0 unspecified atom stereocenters. The Morgan fingerprint density at radius 2 is 1.73 bits per heavy atom. The van der Waals surface area contributed by atoms with Gasteiger partial charge in [-0.1, -0.05) is 12.1 Å². The van der Waals surface area contributed by atoms with Gasteiger partial charge < -0.3 is 25.6 Å². The van der Waals surface area contributed by atoms with E-state index in [1.54, 1.807) is 24.3 Å². The van der Waals surface area contributed by atoms with E-state index in [1.165, 1.54) is 26.0 Å². The molecule has 0 radical (unpaired) electrons. The summed E-state index contributed by atoms with van der Waals surface area (Å²) in [5.41, 5.74) is 3.68. The molecule has 10 heteroatoms. The summed E-state index contributed by atoms with van der Waals surface area (Å²) in [5.74, 6) is -0.178. The third kappa shape index (κ3) is 5.88. The van der Waals surface area contributed by atoms with Gasteiger partial charge in [-0.3, -0.25) is 19.7 Å². The lowest BCUT2D eigenvalue weighted by Gasteiger charge is -2.25. The van der Waals surface area contributed by atoms with Crippen molar-refractivity contribution in [3.63, 3.8) is 0 Å². The Hall–Kier alpha value is -4.44. The molecule has 2 aliphatic rings. The molecule has 3 aromatic rings. The number of rotatable bonds is 9. The van der Waals surface area contributed by atoms with Crippen molar-refractivity contribution >= 4 is 34.6 Å². The van der Waals surface area contributed by atoms with E-state index in [1.807, 2.05) is 38.1 Å². The highest BCUT2D eigenvalue weighted by Crippen LogP contribution is 2.38. The first-order chi connectivity index (χ1) is 19.7. The van der Waals surface area contributed by atoms with Gasteiger partial charge in [-0.2, -0.15) is 0 Å². The lowest BCUT2D eigenvalue weighted by molar-refractivity contribution is -0.385. The number of carbonyl (C=O) groups excluding carboxylic acids is 2. The van der Waals surface area contributed by atoms with Gasteiger partial charge in [-0.05, 0) is 106 Å². The fourth-order valence-corrected chi connectivity index (χ4v) is 5.38. The maximum Gasteiger partial charge on any atom is 0.310 e. The molecule has 0 atom stereocenters. The zero-order valence-electron chi connectivity index (χ0n) is 23.6. The summed E-state index contributed by atoms with van der Waals surface area (Å²) in [5, 5.41) is 20.7. The summed E-state index contributed by atoms with van der Waals surface area (Å²) in [6.45, 7) is 7.68. The van der Waals surface area contributed by atoms with Gasteiger partial charge in [-0.25, -0.2) is 0 Å². The molecule has 41 heavy (non-hydrogen) atoms. The number of benzene rings is 3. The molecule has 10 nitrogen and oxygen atoms in total. The van der Waals surface area contributed by atoms with Crippen molar-refractivity contribution in [1.29, 1.82) is 0 Å². The number of nitro benzene ring substituents is 1. The molecule has 0 bridgehead atoms. The lowest BCUT2D eigenvalue weighted by atomic mass is 9.83. The van der Waals surface area contributed by atoms with Crippen LogP contribution in [0.25, 0.3) is 11.1 Å². The Balaban J connectivity index is 1.34. The van der Waals surface area contributed by atoms with Crippen molar-refractivity contribution in [3.05, 3.63) is 75.8 Å². The van der Waals surface area contributed by atoms with Crippen molar-refractivity contribution < 1.29 is 19.2 Å². The minimum atomic E-state index is -0.797. The molecular weight excluding hydrogens is 522 g/mol. The zero-order valence-corrected chi connectivity index (χ0v) is 23.6. The average Bonchev–Trinajstić information content (AvgIpc) is 3.44. The van der Waals surface area contributed by atoms with E-state index in [0.29, 0.717) is 34.7 Å². The van der Waals surface area contributed by atoms with Crippen molar-refractivity contribution in [2.45, 2.75) is 38.5 Å². The number of amides is 2. The van der Waals surface area contributed by atoms with E-state index in [0.717, 1.165) is 37.2 Å². The lowest BCUT2D eigenvalue weighted by Crippen LogP contribution is -2.41. The van der Waals surface area contributed by atoms with E-state index < -0.39 is 10.3 Å². The molecule has 1 fully saturated rings. The number of fused-ring (bicyclic) bond motifs is 2. The Bertz CT molecular complexity index is 1500. The first-order valence-corrected chi connectivity index (χ1v) is 13.9. The highest BCUT2D eigenvalue weighted by Gasteiger charge is 2.31. The van der Waals surface area contributed by atoms with Crippen LogP contribution in [0.15, 0.2) is 54.6 Å². The van der Waals surface area contributed by atoms with Crippen molar-refractivity contribution in [2.75, 3.05) is 43.9 Å². The van der Waals surface area contributed by atoms with Crippen LogP contribution >= 0.6 is 0 Å². The molecule has 1 saturated heterocycles. The Morgan fingerprint density at radius 1 is 1.00 bits per heavy atom. The third-order valence-electron chi connectivity index (χ3n) is 7.94. The predicted octanol–water partition coefficient (Wildman–Crippen LogP) is 5.46. The number of ether oxygens (including phenoxy) is 1. The number of nitrogens with one attached hydrogen (secondary N) is 3. The second-order valence-corrected chi connectivity index (χ2v) is 11.0. The number of likely N-dealkylation sites (tertiary alicyclic amines) is 1. The van der Waals surface area contributed by atoms with Gasteiger partial charge >= 0.3 is 5.69 Å². The zero-order chi connectivity index (χ0) is 29.1. The van der Waals surface area contributed by atoms with Crippen LogP contribution in [0, 0.1) is 10.1 Å². The van der Waals surface area contributed by atoms with Crippen molar-refractivity contribution in [1.82, 2.24) is 10.2 Å². The number of nitro groups is 1. The summed E-state index contributed by atoms with van der Waals surface area (Å²) >= 11 is 0. The highest BCUT2D eigenvalue weighted by atomic mass is 16.6. The summed E-state index contributed by atoms with van der Waals surface area (Å²) in [7, 11) is 1.39. The average molecular weight is 558 g/mol. The Morgan fingerprint density at radius 3 is 2.46 bits per heavy atom. The van der Waals surface area contributed by atoms with Crippen molar-refractivity contribution in [3.8, 4) is 16.9 Å². The standard InChI is InChI=1S/C31H35N5O5/c1-31(2,30(38)32-13-6-16-35-14-4-5-15-35)22-9-11-24-26(19-22)34-29(37)23-10-7-20(17-25(23)33-24)21-8-12-27(36(39)40)28(18-21)41-3/h7-12,17-19,33H,4-6,13-16H2,1-3H3,(H,32,38)(H,34,37). The summed E-state index contributed by atoms with van der Waals surface area (Å²) < 4.78 is 5.22. The van der Waals surface area contributed by atoms with Gasteiger partial charge in [0, 0.05) is 12.6 Å².